The Morgan fingerprint density at radius 1 is 1.38 bits per heavy atom. The highest BCUT2D eigenvalue weighted by molar-refractivity contribution is 6.30. The van der Waals surface area contributed by atoms with Crippen molar-refractivity contribution in [1.29, 1.82) is 0 Å². The predicted molar refractivity (Wildman–Crippen MR) is 76.6 cm³/mol. The summed E-state index contributed by atoms with van der Waals surface area (Å²) in [6.07, 6.45) is 5.50. The van der Waals surface area contributed by atoms with Gasteiger partial charge in [-0.2, -0.15) is 0 Å². The van der Waals surface area contributed by atoms with Crippen molar-refractivity contribution in [2.45, 2.75) is 0 Å². The van der Waals surface area contributed by atoms with E-state index in [0.29, 0.717) is 16.6 Å². The SMILES string of the molecule is O=C(COC(=O)C=Cc1ccco1)Nc1ccc(Cl)cn1. The molecule has 108 valence electrons. The first-order valence-electron chi connectivity index (χ1n) is 5.93. The summed E-state index contributed by atoms with van der Waals surface area (Å²) in [5.74, 6) is -0.302. The van der Waals surface area contributed by atoms with Crippen LogP contribution in [0.3, 0.4) is 0 Å². The zero-order chi connectivity index (χ0) is 15.1. The summed E-state index contributed by atoms with van der Waals surface area (Å²) < 4.78 is 9.77. The van der Waals surface area contributed by atoms with E-state index in [4.69, 9.17) is 20.8 Å². The molecule has 2 rings (SSSR count). The van der Waals surface area contributed by atoms with E-state index in [1.807, 2.05) is 0 Å². The second-order valence-electron chi connectivity index (χ2n) is 3.87. The Morgan fingerprint density at radius 3 is 2.90 bits per heavy atom. The van der Waals surface area contributed by atoms with Crippen molar-refractivity contribution in [2.75, 3.05) is 11.9 Å². The molecule has 0 aromatic carbocycles. The van der Waals surface area contributed by atoms with Gasteiger partial charge >= 0.3 is 5.97 Å². The quantitative estimate of drug-likeness (QED) is 0.678. The number of anilines is 1. The van der Waals surface area contributed by atoms with Crippen LogP contribution in [0.15, 0.2) is 47.2 Å². The van der Waals surface area contributed by atoms with Crippen LogP contribution in [0.1, 0.15) is 5.76 Å². The molecule has 2 aromatic rings. The number of nitrogens with zero attached hydrogens (tertiary/aromatic N) is 1. The zero-order valence-electron chi connectivity index (χ0n) is 10.8. The predicted octanol–water partition coefficient (Wildman–Crippen LogP) is 2.52. The number of hydrogen-bond donors (Lipinski definition) is 1. The third-order valence-corrected chi connectivity index (χ3v) is 2.49. The molecule has 7 heteroatoms. The van der Waals surface area contributed by atoms with Crippen molar-refractivity contribution in [1.82, 2.24) is 4.98 Å². The van der Waals surface area contributed by atoms with E-state index in [2.05, 4.69) is 10.3 Å². The molecular formula is C14H11ClN2O4. The van der Waals surface area contributed by atoms with Crippen LogP contribution in [-0.2, 0) is 14.3 Å². The first-order valence-corrected chi connectivity index (χ1v) is 6.31. The zero-order valence-corrected chi connectivity index (χ0v) is 11.5. The number of rotatable bonds is 5. The summed E-state index contributed by atoms with van der Waals surface area (Å²) in [4.78, 5) is 26.8. The Hall–Kier alpha value is -2.60. The van der Waals surface area contributed by atoms with E-state index in [0.717, 1.165) is 0 Å². The van der Waals surface area contributed by atoms with Crippen molar-refractivity contribution in [3.05, 3.63) is 53.6 Å². The van der Waals surface area contributed by atoms with Crippen LogP contribution in [0.25, 0.3) is 6.08 Å². The Bertz CT molecular complexity index is 636. The summed E-state index contributed by atoms with van der Waals surface area (Å²) in [6.45, 7) is -0.411. The Morgan fingerprint density at radius 2 is 2.24 bits per heavy atom. The van der Waals surface area contributed by atoms with Gasteiger partial charge in [0, 0.05) is 12.3 Å². The topological polar surface area (TPSA) is 81.4 Å². The van der Waals surface area contributed by atoms with E-state index in [9.17, 15) is 9.59 Å². The van der Waals surface area contributed by atoms with Crippen LogP contribution in [0.4, 0.5) is 5.82 Å². The lowest BCUT2D eigenvalue weighted by Gasteiger charge is -2.04. The summed E-state index contributed by atoms with van der Waals surface area (Å²) in [7, 11) is 0. The summed E-state index contributed by atoms with van der Waals surface area (Å²) >= 11 is 5.67. The van der Waals surface area contributed by atoms with Gasteiger partial charge in [0.05, 0.1) is 11.3 Å². The fourth-order valence-electron chi connectivity index (χ4n) is 1.35. The average molecular weight is 307 g/mol. The number of furan rings is 1. The van der Waals surface area contributed by atoms with Gasteiger partial charge in [-0.3, -0.25) is 4.79 Å². The Kier molecular flexibility index (Phi) is 5.11. The van der Waals surface area contributed by atoms with Gasteiger partial charge in [0.1, 0.15) is 11.6 Å². The molecule has 21 heavy (non-hydrogen) atoms. The van der Waals surface area contributed by atoms with Crippen LogP contribution < -0.4 is 5.32 Å². The molecule has 0 radical (unpaired) electrons. The van der Waals surface area contributed by atoms with E-state index in [-0.39, 0.29) is 0 Å². The highest BCUT2D eigenvalue weighted by Crippen LogP contribution is 2.09. The first kappa shape index (κ1) is 14.8. The molecule has 0 atom stereocenters. The van der Waals surface area contributed by atoms with Crippen molar-refractivity contribution < 1.29 is 18.7 Å². The molecular weight excluding hydrogens is 296 g/mol. The summed E-state index contributed by atoms with van der Waals surface area (Å²) in [6, 6.07) is 6.50. The lowest BCUT2D eigenvalue weighted by molar-refractivity contribution is -0.142. The highest BCUT2D eigenvalue weighted by atomic mass is 35.5. The summed E-state index contributed by atoms with van der Waals surface area (Å²) in [5, 5.41) is 2.93. The van der Waals surface area contributed by atoms with Gasteiger partial charge in [0.25, 0.3) is 5.91 Å². The van der Waals surface area contributed by atoms with Crippen LogP contribution in [-0.4, -0.2) is 23.5 Å². The minimum Gasteiger partial charge on any atom is -0.465 e. The lowest BCUT2D eigenvalue weighted by atomic mass is 10.4. The van der Waals surface area contributed by atoms with E-state index in [1.165, 1.54) is 24.6 Å². The van der Waals surface area contributed by atoms with Gasteiger partial charge in [-0.25, -0.2) is 9.78 Å². The number of aromatic nitrogens is 1. The van der Waals surface area contributed by atoms with Gasteiger partial charge in [-0.1, -0.05) is 11.6 Å². The molecule has 1 amide bonds. The molecule has 2 aromatic heterocycles. The molecule has 0 spiro atoms. The number of nitrogens with one attached hydrogen (secondary N) is 1. The van der Waals surface area contributed by atoms with E-state index < -0.39 is 18.5 Å². The van der Waals surface area contributed by atoms with Gasteiger partial charge in [0.2, 0.25) is 0 Å². The Labute approximate surface area is 125 Å². The highest BCUT2D eigenvalue weighted by Gasteiger charge is 2.06. The third-order valence-electron chi connectivity index (χ3n) is 2.27. The van der Waals surface area contributed by atoms with Gasteiger partial charge in [0.15, 0.2) is 6.61 Å². The minimum absolute atomic E-state index is 0.326. The van der Waals surface area contributed by atoms with Crippen molar-refractivity contribution in [3.8, 4) is 0 Å². The molecule has 6 nitrogen and oxygen atoms in total. The molecule has 0 aliphatic heterocycles. The average Bonchev–Trinajstić information content (AvgIpc) is 2.99. The molecule has 1 N–H and O–H groups in total. The van der Waals surface area contributed by atoms with Crippen LogP contribution in [0.2, 0.25) is 5.02 Å². The maximum Gasteiger partial charge on any atom is 0.331 e. The molecule has 0 aliphatic rings. The van der Waals surface area contributed by atoms with Crippen molar-refractivity contribution >= 4 is 35.4 Å². The first-order chi connectivity index (χ1) is 10.1. The van der Waals surface area contributed by atoms with E-state index in [1.54, 1.807) is 24.3 Å². The molecule has 0 saturated heterocycles. The molecule has 0 fully saturated rings. The van der Waals surface area contributed by atoms with Gasteiger partial charge in [-0.15, -0.1) is 0 Å². The maximum atomic E-state index is 11.5. The molecule has 0 unspecified atom stereocenters. The van der Waals surface area contributed by atoms with Crippen LogP contribution in [0.5, 0.6) is 0 Å². The molecule has 0 bridgehead atoms. The van der Waals surface area contributed by atoms with Gasteiger partial charge < -0.3 is 14.5 Å². The smallest absolute Gasteiger partial charge is 0.331 e. The van der Waals surface area contributed by atoms with Crippen molar-refractivity contribution in [2.24, 2.45) is 0 Å². The Balaban J connectivity index is 1.75. The normalized spacial score (nSPS) is 10.5. The van der Waals surface area contributed by atoms with E-state index >= 15 is 0 Å². The number of hydrogen-bond acceptors (Lipinski definition) is 5. The largest absolute Gasteiger partial charge is 0.465 e. The number of carbonyl (C=O) groups excluding carboxylic acids is 2. The summed E-state index contributed by atoms with van der Waals surface area (Å²) in [5.41, 5.74) is 0. The monoisotopic (exact) mass is 306 g/mol. The fourth-order valence-corrected chi connectivity index (χ4v) is 1.46. The number of ether oxygens (including phenoxy) is 1. The number of halogens is 1. The standard InChI is InChI=1S/C14H11ClN2O4/c15-10-3-5-12(16-8-10)17-13(18)9-21-14(19)6-4-11-2-1-7-20-11/h1-8H,9H2,(H,16,17,18). The van der Waals surface area contributed by atoms with Gasteiger partial charge in [-0.05, 0) is 30.3 Å². The lowest BCUT2D eigenvalue weighted by Crippen LogP contribution is -2.20. The molecule has 0 saturated carbocycles. The number of amides is 1. The number of carbonyl (C=O) groups is 2. The van der Waals surface area contributed by atoms with Crippen molar-refractivity contribution in [3.63, 3.8) is 0 Å². The third kappa shape index (κ3) is 5.12. The van der Waals surface area contributed by atoms with Crippen LogP contribution >= 0.6 is 11.6 Å². The number of pyridine rings is 1. The second-order valence-corrected chi connectivity index (χ2v) is 4.30. The fraction of sp³-hybridized carbons (Fsp3) is 0.0714. The molecule has 0 aliphatic carbocycles. The molecule has 2 heterocycles. The maximum absolute atomic E-state index is 11.5. The minimum atomic E-state index is -0.648. The second kappa shape index (κ2) is 7.25. The number of esters is 1. The van der Waals surface area contributed by atoms with Crippen LogP contribution in [0, 0.1) is 0 Å².